The summed E-state index contributed by atoms with van der Waals surface area (Å²) in [5.41, 5.74) is 0.168. The monoisotopic (exact) mass is 742 g/mol. The Kier molecular flexibility index (Phi) is 15.8. The van der Waals surface area contributed by atoms with Gasteiger partial charge in [0.2, 0.25) is 17.7 Å². The van der Waals surface area contributed by atoms with Gasteiger partial charge in [0.05, 0.1) is 42.7 Å². The molecule has 0 saturated carbocycles. The predicted molar refractivity (Wildman–Crippen MR) is 200 cm³/mol. The van der Waals surface area contributed by atoms with Crippen LogP contribution in [0.3, 0.4) is 0 Å². The Morgan fingerprint density at radius 3 is 2.25 bits per heavy atom. The quantitative estimate of drug-likeness (QED) is 0.199. The van der Waals surface area contributed by atoms with Crippen molar-refractivity contribution in [2.45, 2.75) is 129 Å². The summed E-state index contributed by atoms with van der Waals surface area (Å²) in [5.74, 6) is -1.43. The van der Waals surface area contributed by atoms with Gasteiger partial charge in [-0.1, -0.05) is 76.6 Å². The van der Waals surface area contributed by atoms with Crippen molar-refractivity contribution in [1.82, 2.24) is 40.6 Å². The molecule has 0 radical (unpaired) electrons. The third-order valence-corrected chi connectivity index (χ3v) is 10.6. The van der Waals surface area contributed by atoms with E-state index in [1.165, 1.54) is 12.0 Å². The number of H-pyrrole nitrogens is 1. The Bertz CT molecular complexity index is 1470. The first-order chi connectivity index (χ1) is 25.0. The second-order valence-electron chi connectivity index (χ2n) is 15.6. The number of nitrogens with zero attached hydrogens (tertiary/aromatic N) is 6. The third-order valence-electron chi connectivity index (χ3n) is 10.6. The number of rotatable bonds is 18. The van der Waals surface area contributed by atoms with Crippen molar-refractivity contribution in [3.05, 3.63) is 41.7 Å². The minimum Gasteiger partial charge on any atom is -0.465 e. The van der Waals surface area contributed by atoms with Gasteiger partial charge in [0.1, 0.15) is 6.04 Å². The van der Waals surface area contributed by atoms with Crippen molar-refractivity contribution < 1.29 is 33.8 Å². The van der Waals surface area contributed by atoms with Crippen LogP contribution in [0.2, 0.25) is 0 Å². The number of likely N-dealkylation sites (tertiary alicyclic amines) is 1. The van der Waals surface area contributed by atoms with E-state index >= 15 is 0 Å². The molecule has 53 heavy (non-hydrogen) atoms. The maximum absolute atomic E-state index is 14.3. The second kappa shape index (κ2) is 19.3. The molecule has 1 aromatic carbocycles. The number of likely N-dealkylation sites (N-methyl/N-ethyl adjacent to an activating group) is 1. The van der Waals surface area contributed by atoms with Crippen molar-refractivity contribution >= 4 is 23.8 Å². The van der Waals surface area contributed by atoms with Gasteiger partial charge in [0.25, 0.3) is 0 Å². The fraction of sp³-hybridized carbons (Fsp3) is 0.711. The Labute approximate surface area is 314 Å². The van der Waals surface area contributed by atoms with Crippen LogP contribution >= 0.6 is 0 Å². The molecule has 2 heterocycles. The van der Waals surface area contributed by atoms with Crippen LogP contribution in [0.5, 0.6) is 0 Å². The standard InChI is InChI=1S/C38H62N8O7/c1-12-24(4)32(44(9)36(49)31(23(2)3)46(37(50)51)38(6,7)8)29(52-10)22-30(47)45-20-16-19-28(45)33(53-11)25(5)35(48)39-27(34-40-42-43-41-34)21-26-17-14-13-15-18-26/h13-15,17-18,23-25,27-29,31-33H,12,16,19-22H2,1-11H3,(H,39,48)(H,50,51)(H,40,41,42,43)/t24-,25+,27-,28-,29+,31-,32-,33+/m0/s1. The number of aromatic nitrogens is 4. The molecule has 0 bridgehead atoms. The smallest absolute Gasteiger partial charge is 0.408 e. The van der Waals surface area contributed by atoms with Crippen molar-refractivity contribution in [2.75, 3.05) is 27.8 Å². The maximum atomic E-state index is 14.3. The highest BCUT2D eigenvalue weighted by Crippen LogP contribution is 2.31. The van der Waals surface area contributed by atoms with E-state index in [9.17, 15) is 24.3 Å². The molecule has 1 aromatic heterocycles. The molecule has 4 amide bonds. The SMILES string of the molecule is CC[C@H](C)[C@@H]([C@@H](CC(=O)N1CCC[C@H]1[C@H](OC)[C@@H](C)C(=O)N[C@@H](Cc1ccccc1)c1nn[nH]n1)OC)N(C)C(=O)[C@H](C(C)C)N(C(=O)O)C(C)(C)C. The zero-order valence-corrected chi connectivity index (χ0v) is 33.4. The Balaban J connectivity index is 1.82. The molecule has 2 aromatic rings. The van der Waals surface area contributed by atoms with Gasteiger partial charge in [0, 0.05) is 39.8 Å². The number of nitrogens with one attached hydrogen (secondary N) is 2. The van der Waals surface area contributed by atoms with E-state index in [4.69, 9.17) is 9.47 Å². The van der Waals surface area contributed by atoms with Gasteiger partial charge in [-0.15, -0.1) is 10.2 Å². The number of benzene rings is 1. The van der Waals surface area contributed by atoms with E-state index in [2.05, 4.69) is 25.9 Å². The summed E-state index contributed by atoms with van der Waals surface area (Å²) in [7, 11) is 4.76. The average Bonchev–Trinajstić information content (AvgIpc) is 3.83. The van der Waals surface area contributed by atoms with E-state index < -0.39 is 47.9 Å². The fourth-order valence-electron chi connectivity index (χ4n) is 7.71. The summed E-state index contributed by atoms with van der Waals surface area (Å²) < 4.78 is 12.0. The Hall–Kier alpha value is -4.11. The van der Waals surface area contributed by atoms with Crippen LogP contribution in [0, 0.1) is 17.8 Å². The lowest BCUT2D eigenvalue weighted by atomic mass is 9.88. The lowest BCUT2D eigenvalue weighted by molar-refractivity contribution is -0.149. The van der Waals surface area contributed by atoms with E-state index in [0.717, 1.165) is 12.0 Å². The van der Waals surface area contributed by atoms with Gasteiger partial charge < -0.3 is 29.7 Å². The van der Waals surface area contributed by atoms with Gasteiger partial charge in [-0.2, -0.15) is 5.21 Å². The van der Waals surface area contributed by atoms with Crippen LogP contribution in [0.15, 0.2) is 30.3 Å². The van der Waals surface area contributed by atoms with Gasteiger partial charge in [-0.3, -0.25) is 19.3 Å². The molecule has 0 spiro atoms. The topological polar surface area (TPSA) is 183 Å². The van der Waals surface area contributed by atoms with Crippen LogP contribution in [0.4, 0.5) is 4.79 Å². The number of methoxy groups -OCH3 is 2. The number of carbonyl (C=O) groups is 4. The number of hydrogen-bond acceptors (Lipinski definition) is 9. The zero-order chi connectivity index (χ0) is 39.6. The highest BCUT2D eigenvalue weighted by atomic mass is 16.5. The summed E-state index contributed by atoms with van der Waals surface area (Å²) in [6.45, 7) is 15.3. The Morgan fingerprint density at radius 1 is 1.08 bits per heavy atom. The molecule has 1 saturated heterocycles. The van der Waals surface area contributed by atoms with Gasteiger partial charge in [-0.25, -0.2) is 4.79 Å². The summed E-state index contributed by atoms with van der Waals surface area (Å²) in [5, 5.41) is 27.7. The third kappa shape index (κ3) is 10.7. The summed E-state index contributed by atoms with van der Waals surface area (Å²) in [6.07, 6.45) is 0.0802. The summed E-state index contributed by atoms with van der Waals surface area (Å²) in [4.78, 5) is 59.4. The number of aromatic amines is 1. The van der Waals surface area contributed by atoms with Crippen molar-refractivity contribution in [1.29, 1.82) is 0 Å². The van der Waals surface area contributed by atoms with E-state index in [-0.39, 0.29) is 42.0 Å². The maximum Gasteiger partial charge on any atom is 0.408 e. The normalized spacial score (nSPS) is 18.8. The molecular formula is C38H62N8O7. The number of carbonyl (C=O) groups excluding carboxylic acids is 3. The number of tetrazole rings is 1. The van der Waals surface area contributed by atoms with Gasteiger partial charge in [-0.05, 0) is 51.0 Å². The first-order valence-corrected chi connectivity index (χ1v) is 18.7. The minimum absolute atomic E-state index is 0.0120. The fourth-order valence-corrected chi connectivity index (χ4v) is 7.71. The van der Waals surface area contributed by atoms with E-state index in [0.29, 0.717) is 31.6 Å². The minimum atomic E-state index is -1.17. The average molecular weight is 743 g/mol. The molecule has 0 aliphatic carbocycles. The molecule has 15 nitrogen and oxygen atoms in total. The molecule has 3 N–H and O–H groups in total. The van der Waals surface area contributed by atoms with Crippen molar-refractivity contribution in [3.63, 3.8) is 0 Å². The molecular weight excluding hydrogens is 680 g/mol. The molecule has 15 heteroatoms. The first-order valence-electron chi connectivity index (χ1n) is 18.7. The highest BCUT2D eigenvalue weighted by molar-refractivity contribution is 5.86. The van der Waals surface area contributed by atoms with Crippen molar-refractivity contribution in [2.24, 2.45) is 17.8 Å². The lowest BCUT2D eigenvalue weighted by Gasteiger charge is -2.45. The lowest BCUT2D eigenvalue weighted by Crippen LogP contribution is -2.62. The largest absolute Gasteiger partial charge is 0.465 e. The second-order valence-corrected chi connectivity index (χ2v) is 15.6. The van der Waals surface area contributed by atoms with Crippen LogP contribution in [0.25, 0.3) is 0 Å². The molecule has 0 unspecified atom stereocenters. The van der Waals surface area contributed by atoms with Gasteiger partial charge in [0.15, 0.2) is 5.82 Å². The summed E-state index contributed by atoms with van der Waals surface area (Å²) >= 11 is 0. The number of ether oxygens (including phenoxy) is 2. The molecule has 1 aliphatic rings. The van der Waals surface area contributed by atoms with Crippen LogP contribution in [-0.4, -0.2) is 128 Å². The highest BCUT2D eigenvalue weighted by Gasteiger charge is 2.45. The summed E-state index contributed by atoms with van der Waals surface area (Å²) in [6, 6.07) is 7.35. The van der Waals surface area contributed by atoms with Gasteiger partial charge >= 0.3 is 6.09 Å². The van der Waals surface area contributed by atoms with Crippen LogP contribution in [-0.2, 0) is 30.3 Å². The van der Waals surface area contributed by atoms with Crippen molar-refractivity contribution in [3.8, 4) is 0 Å². The number of amides is 4. The van der Waals surface area contributed by atoms with E-state index in [1.807, 2.05) is 58.0 Å². The molecule has 1 fully saturated rings. The predicted octanol–water partition coefficient (Wildman–Crippen LogP) is 4.32. The van der Waals surface area contributed by atoms with Crippen LogP contribution in [0.1, 0.15) is 98.5 Å². The first kappa shape index (κ1) is 43.3. The molecule has 1 aliphatic heterocycles. The molecule has 296 valence electrons. The molecule has 3 rings (SSSR count). The van der Waals surface area contributed by atoms with Crippen LogP contribution < -0.4 is 5.32 Å². The van der Waals surface area contributed by atoms with E-state index in [1.54, 1.807) is 51.7 Å². The zero-order valence-electron chi connectivity index (χ0n) is 33.4. The number of hydrogen-bond donors (Lipinski definition) is 3. The number of carboxylic acid groups (broad SMARTS) is 1. The molecule has 8 atom stereocenters. The Morgan fingerprint density at radius 2 is 1.74 bits per heavy atom.